The zero-order chi connectivity index (χ0) is 14.5. The normalized spacial score (nSPS) is 15.6. The van der Waals surface area contributed by atoms with Gasteiger partial charge in [-0.05, 0) is 25.3 Å². The van der Waals surface area contributed by atoms with Gasteiger partial charge in [-0.2, -0.15) is 5.10 Å². The molecule has 7 nitrogen and oxygen atoms in total. The van der Waals surface area contributed by atoms with Crippen molar-refractivity contribution in [2.75, 3.05) is 20.2 Å². The molecule has 1 heterocycles. The van der Waals surface area contributed by atoms with Gasteiger partial charge < -0.3 is 9.84 Å². The average molecular weight is 279 g/mol. The summed E-state index contributed by atoms with van der Waals surface area (Å²) >= 11 is 0. The first-order valence-electron chi connectivity index (χ1n) is 6.46. The molecule has 108 valence electrons. The number of piperidine rings is 1. The number of hydrogen-bond donors (Lipinski definition) is 1. The summed E-state index contributed by atoms with van der Waals surface area (Å²) in [6.45, 7) is 1.79. The van der Waals surface area contributed by atoms with E-state index in [1.54, 1.807) is 6.21 Å². The van der Waals surface area contributed by atoms with Gasteiger partial charge in [0, 0.05) is 24.7 Å². The lowest BCUT2D eigenvalue weighted by Crippen LogP contribution is -2.24. The lowest BCUT2D eigenvalue weighted by Gasteiger charge is -2.23. The minimum atomic E-state index is -0.643. The molecule has 1 aliphatic heterocycles. The highest BCUT2D eigenvalue weighted by atomic mass is 16.6. The van der Waals surface area contributed by atoms with Gasteiger partial charge >= 0.3 is 5.69 Å². The van der Waals surface area contributed by atoms with Crippen molar-refractivity contribution in [1.29, 1.82) is 0 Å². The Morgan fingerprint density at radius 2 is 2.10 bits per heavy atom. The monoisotopic (exact) mass is 279 g/mol. The van der Waals surface area contributed by atoms with Crippen molar-refractivity contribution in [2.45, 2.75) is 19.3 Å². The van der Waals surface area contributed by atoms with Crippen molar-refractivity contribution >= 4 is 11.9 Å². The molecule has 0 atom stereocenters. The van der Waals surface area contributed by atoms with E-state index in [9.17, 15) is 15.2 Å². The number of benzene rings is 1. The number of nitrogens with zero attached hydrogens (tertiary/aromatic N) is 3. The van der Waals surface area contributed by atoms with Gasteiger partial charge in [0.15, 0.2) is 5.75 Å². The summed E-state index contributed by atoms with van der Waals surface area (Å²) in [5.74, 6) is -0.396. The second kappa shape index (κ2) is 6.23. The number of nitro groups is 1. The van der Waals surface area contributed by atoms with Crippen LogP contribution in [-0.2, 0) is 0 Å². The molecule has 1 saturated heterocycles. The van der Waals surface area contributed by atoms with Crippen LogP contribution < -0.4 is 4.74 Å². The van der Waals surface area contributed by atoms with Gasteiger partial charge in [-0.15, -0.1) is 0 Å². The highest BCUT2D eigenvalue weighted by molar-refractivity contribution is 5.83. The van der Waals surface area contributed by atoms with Crippen LogP contribution in [0.25, 0.3) is 0 Å². The smallest absolute Gasteiger partial charge is 0.315 e. The predicted octanol–water partition coefficient (Wildman–Crippen LogP) is 2.13. The molecule has 0 unspecified atom stereocenters. The van der Waals surface area contributed by atoms with Crippen LogP contribution in [0.4, 0.5) is 5.69 Å². The third kappa shape index (κ3) is 3.17. The minimum Gasteiger partial charge on any atom is -0.500 e. The molecule has 7 heteroatoms. The van der Waals surface area contributed by atoms with E-state index in [-0.39, 0.29) is 11.4 Å². The molecule has 1 aliphatic rings. The molecule has 1 aromatic rings. The zero-order valence-electron chi connectivity index (χ0n) is 11.3. The summed E-state index contributed by atoms with van der Waals surface area (Å²) in [6.07, 6.45) is 4.98. The SMILES string of the molecule is COc1cc(C=NN2CCCCC2)cc([N+](=O)[O-])c1O. The van der Waals surface area contributed by atoms with E-state index in [0.29, 0.717) is 5.56 Å². The van der Waals surface area contributed by atoms with Gasteiger partial charge in [0.1, 0.15) is 0 Å². The summed E-state index contributed by atoms with van der Waals surface area (Å²) < 4.78 is 4.94. The van der Waals surface area contributed by atoms with Gasteiger partial charge in [0.05, 0.1) is 18.2 Å². The van der Waals surface area contributed by atoms with Crippen LogP contribution in [0.2, 0.25) is 0 Å². The van der Waals surface area contributed by atoms with Crippen LogP contribution in [0.15, 0.2) is 17.2 Å². The lowest BCUT2D eigenvalue weighted by atomic mass is 10.1. The first-order valence-corrected chi connectivity index (χ1v) is 6.46. The van der Waals surface area contributed by atoms with Gasteiger partial charge in [-0.1, -0.05) is 0 Å². The number of phenolic OH excluding ortho intramolecular Hbond substituents is 1. The molecule has 1 N–H and O–H groups in total. The van der Waals surface area contributed by atoms with E-state index in [2.05, 4.69) is 5.10 Å². The Balaban J connectivity index is 2.24. The summed E-state index contributed by atoms with van der Waals surface area (Å²) in [7, 11) is 1.35. The molecule has 0 radical (unpaired) electrons. The van der Waals surface area contributed by atoms with Crippen molar-refractivity contribution in [3.05, 3.63) is 27.8 Å². The maximum atomic E-state index is 10.9. The number of hydrogen-bond acceptors (Lipinski definition) is 6. The van der Waals surface area contributed by atoms with E-state index < -0.39 is 10.7 Å². The molecule has 1 aromatic carbocycles. The molecular weight excluding hydrogens is 262 g/mol. The van der Waals surface area contributed by atoms with E-state index in [1.807, 2.05) is 5.01 Å². The quantitative estimate of drug-likeness (QED) is 0.518. The molecule has 0 saturated carbocycles. The summed E-state index contributed by atoms with van der Waals surface area (Å²) in [6, 6.07) is 2.81. The van der Waals surface area contributed by atoms with Crippen molar-refractivity contribution in [1.82, 2.24) is 5.01 Å². The molecule has 0 aromatic heterocycles. The lowest BCUT2D eigenvalue weighted by molar-refractivity contribution is -0.386. The van der Waals surface area contributed by atoms with Crippen molar-refractivity contribution in [3.8, 4) is 11.5 Å². The third-order valence-corrected chi connectivity index (χ3v) is 3.20. The standard InChI is InChI=1S/C13H17N3O4/c1-20-12-8-10(7-11(13(12)17)16(18)19)9-14-15-5-3-2-4-6-15/h7-9,17H,2-6H2,1H3. The number of methoxy groups -OCH3 is 1. The minimum absolute atomic E-state index is 0.0688. The number of hydrazone groups is 1. The van der Waals surface area contributed by atoms with E-state index in [0.717, 1.165) is 25.9 Å². The second-order valence-electron chi connectivity index (χ2n) is 4.61. The Bertz CT molecular complexity index is 525. The number of rotatable bonds is 4. The van der Waals surface area contributed by atoms with Crippen LogP contribution in [-0.4, -0.2) is 41.5 Å². The maximum absolute atomic E-state index is 10.9. The second-order valence-corrected chi connectivity index (χ2v) is 4.61. The van der Waals surface area contributed by atoms with Gasteiger partial charge in [-0.25, -0.2) is 0 Å². The van der Waals surface area contributed by atoms with Crippen LogP contribution in [0, 0.1) is 10.1 Å². The molecule has 0 bridgehead atoms. The van der Waals surface area contributed by atoms with E-state index in [4.69, 9.17) is 4.74 Å². The molecule has 1 fully saturated rings. The third-order valence-electron chi connectivity index (χ3n) is 3.20. The summed E-state index contributed by atoms with van der Waals surface area (Å²) in [5.41, 5.74) is 0.140. The van der Waals surface area contributed by atoms with Gasteiger partial charge in [-0.3, -0.25) is 15.1 Å². The highest BCUT2D eigenvalue weighted by Crippen LogP contribution is 2.36. The first-order chi connectivity index (χ1) is 9.61. The Labute approximate surface area is 116 Å². The van der Waals surface area contributed by atoms with Crippen LogP contribution in [0.3, 0.4) is 0 Å². The Hall–Kier alpha value is -2.31. The Morgan fingerprint density at radius 1 is 1.40 bits per heavy atom. The van der Waals surface area contributed by atoms with Crippen molar-refractivity contribution < 1.29 is 14.8 Å². The fourth-order valence-electron chi connectivity index (χ4n) is 2.12. The highest BCUT2D eigenvalue weighted by Gasteiger charge is 2.19. The summed E-state index contributed by atoms with van der Waals surface area (Å²) in [4.78, 5) is 10.2. The molecular formula is C13H17N3O4. The average Bonchev–Trinajstić information content (AvgIpc) is 2.47. The molecule has 0 spiro atoms. The topological polar surface area (TPSA) is 88.2 Å². The largest absolute Gasteiger partial charge is 0.500 e. The molecule has 2 rings (SSSR count). The Kier molecular flexibility index (Phi) is 4.39. The van der Waals surface area contributed by atoms with Crippen LogP contribution >= 0.6 is 0 Å². The van der Waals surface area contributed by atoms with Gasteiger partial charge in [0.25, 0.3) is 0 Å². The van der Waals surface area contributed by atoms with Crippen molar-refractivity contribution in [2.24, 2.45) is 5.10 Å². The van der Waals surface area contributed by atoms with Crippen LogP contribution in [0.5, 0.6) is 11.5 Å². The van der Waals surface area contributed by atoms with Crippen molar-refractivity contribution in [3.63, 3.8) is 0 Å². The Morgan fingerprint density at radius 3 is 2.70 bits per heavy atom. The number of aromatic hydroxyl groups is 1. The van der Waals surface area contributed by atoms with E-state index >= 15 is 0 Å². The van der Waals surface area contributed by atoms with E-state index in [1.165, 1.54) is 25.7 Å². The van der Waals surface area contributed by atoms with Crippen LogP contribution in [0.1, 0.15) is 24.8 Å². The predicted molar refractivity (Wildman–Crippen MR) is 74.3 cm³/mol. The zero-order valence-corrected chi connectivity index (χ0v) is 11.3. The fourth-order valence-corrected chi connectivity index (χ4v) is 2.12. The maximum Gasteiger partial charge on any atom is 0.315 e. The van der Waals surface area contributed by atoms with Gasteiger partial charge in [0.2, 0.25) is 5.75 Å². The summed E-state index contributed by atoms with van der Waals surface area (Å²) in [5, 5.41) is 26.8. The number of ether oxygens (including phenoxy) is 1. The fraction of sp³-hybridized carbons (Fsp3) is 0.462. The number of nitro benzene ring substituents is 1. The first kappa shape index (κ1) is 14.1. The number of phenols is 1. The molecule has 0 amide bonds. The molecule has 0 aliphatic carbocycles. The molecule has 20 heavy (non-hydrogen) atoms.